The van der Waals surface area contributed by atoms with Gasteiger partial charge in [-0.2, -0.15) is 0 Å². The van der Waals surface area contributed by atoms with Gasteiger partial charge in [0.1, 0.15) is 16.6 Å². The van der Waals surface area contributed by atoms with Crippen LogP contribution in [0.2, 0.25) is 5.02 Å². The number of rotatable bonds is 8. The zero-order chi connectivity index (χ0) is 28.3. The summed E-state index contributed by atoms with van der Waals surface area (Å²) in [6, 6.07) is 7.39. The van der Waals surface area contributed by atoms with Gasteiger partial charge in [0, 0.05) is 12.7 Å². The number of ether oxygens (including phenoxy) is 3. The van der Waals surface area contributed by atoms with Crippen LogP contribution in [0.25, 0.3) is 5.69 Å². The number of hydrogen-bond donors (Lipinski definition) is 0. The standard InChI is InChI=1S/C28H38ClN3O6/c1-8-36-23(33)28(22-17-31(18-30-22)21-14-10-9-13-20(21)29)16-19(28)12-11-15-32(24(34)37-26(2,3)4)25(35)38-27(5,6)7/h9-10,13-14,17-19H,8,11-12,15-16H2,1-7H3/t19?,28-/m1/s1. The molecular formula is C28H38ClN3O6. The lowest BCUT2D eigenvalue weighted by Gasteiger charge is -2.28. The summed E-state index contributed by atoms with van der Waals surface area (Å²) in [6.07, 6.45) is 3.50. The topological polar surface area (TPSA) is 100.0 Å². The molecule has 1 aliphatic rings. The van der Waals surface area contributed by atoms with Gasteiger partial charge in [-0.25, -0.2) is 19.5 Å². The Labute approximate surface area is 229 Å². The molecule has 1 heterocycles. The van der Waals surface area contributed by atoms with Crippen molar-refractivity contribution in [2.75, 3.05) is 13.2 Å². The molecule has 1 saturated carbocycles. The Hall–Kier alpha value is -3.07. The van der Waals surface area contributed by atoms with Crippen molar-refractivity contribution >= 4 is 29.8 Å². The maximum atomic E-state index is 13.1. The first kappa shape index (κ1) is 29.5. The van der Waals surface area contributed by atoms with Crippen LogP contribution in [-0.4, -0.2) is 57.0 Å². The highest BCUT2D eigenvalue weighted by atomic mass is 35.5. The Morgan fingerprint density at radius 1 is 1.08 bits per heavy atom. The fraction of sp³-hybridized carbons (Fsp3) is 0.571. The van der Waals surface area contributed by atoms with Crippen molar-refractivity contribution < 1.29 is 28.6 Å². The average molecular weight is 548 g/mol. The summed E-state index contributed by atoms with van der Waals surface area (Å²) in [6.45, 7) is 12.5. The molecule has 10 heteroatoms. The highest BCUT2D eigenvalue weighted by Gasteiger charge is 2.63. The number of benzene rings is 1. The summed E-state index contributed by atoms with van der Waals surface area (Å²) in [5.41, 5.74) is -1.06. The first-order chi connectivity index (χ1) is 17.7. The zero-order valence-corrected chi connectivity index (χ0v) is 24.0. The lowest BCUT2D eigenvalue weighted by molar-refractivity contribution is -0.146. The van der Waals surface area contributed by atoms with Gasteiger partial charge < -0.3 is 18.8 Å². The average Bonchev–Trinajstić information content (AvgIpc) is 3.31. The number of esters is 1. The number of halogens is 1. The zero-order valence-electron chi connectivity index (χ0n) is 23.2. The number of aromatic nitrogens is 2. The van der Waals surface area contributed by atoms with Gasteiger partial charge in [-0.3, -0.25) is 4.79 Å². The first-order valence-corrected chi connectivity index (χ1v) is 13.3. The van der Waals surface area contributed by atoms with Crippen LogP contribution in [0.4, 0.5) is 9.59 Å². The van der Waals surface area contributed by atoms with Gasteiger partial charge in [-0.1, -0.05) is 23.7 Å². The molecule has 0 spiro atoms. The van der Waals surface area contributed by atoms with Gasteiger partial charge in [0.25, 0.3) is 0 Å². The van der Waals surface area contributed by atoms with Crippen LogP contribution in [0.1, 0.15) is 73.4 Å². The molecule has 3 rings (SSSR count). The van der Waals surface area contributed by atoms with E-state index in [4.69, 9.17) is 25.8 Å². The Bertz CT molecular complexity index is 1140. The lowest BCUT2D eigenvalue weighted by Crippen LogP contribution is -2.44. The van der Waals surface area contributed by atoms with Crippen LogP contribution in [0, 0.1) is 5.92 Å². The van der Waals surface area contributed by atoms with Gasteiger partial charge in [-0.05, 0) is 85.8 Å². The summed E-state index contributed by atoms with van der Waals surface area (Å²) in [5.74, 6) is -0.388. The first-order valence-electron chi connectivity index (χ1n) is 12.9. The number of imidazole rings is 1. The minimum atomic E-state index is -0.884. The second kappa shape index (κ2) is 11.4. The summed E-state index contributed by atoms with van der Waals surface area (Å²) in [5, 5.41) is 0.568. The third kappa shape index (κ3) is 7.07. The summed E-state index contributed by atoms with van der Waals surface area (Å²) < 4.78 is 18.1. The molecule has 0 bridgehead atoms. The minimum absolute atomic E-state index is 0.0599. The molecule has 9 nitrogen and oxygen atoms in total. The molecule has 0 saturated heterocycles. The molecule has 2 amide bonds. The molecule has 2 atom stereocenters. The van der Waals surface area contributed by atoms with E-state index in [1.54, 1.807) is 65.4 Å². The van der Waals surface area contributed by atoms with E-state index in [2.05, 4.69) is 4.98 Å². The van der Waals surface area contributed by atoms with E-state index >= 15 is 0 Å². The van der Waals surface area contributed by atoms with Crippen LogP contribution < -0.4 is 0 Å². The smallest absolute Gasteiger partial charge is 0.419 e. The number of carbonyl (C=O) groups excluding carboxylic acids is 3. The Morgan fingerprint density at radius 2 is 1.68 bits per heavy atom. The van der Waals surface area contributed by atoms with E-state index in [1.807, 2.05) is 24.4 Å². The van der Waals surface area contributed by atoms with E-state index in [-0.39, 0.29) is 25.0 Å². The minimum Gasteiger partial charge on any atom is -0.465 e. The van der Waals surface area contributed by atoms with Crippen LogP contribution in [0.15, 0.2) is 36.8 Å². The van der Waals surface area contributed by atoms with Gasteiger partial charge in [-0.15, -0.1) is 0 Å². The number of carbonyl (C=O) groups is 3. The molecule has 38 heavy (non-hydrogen) atoms. The van der Waals surface area contributed by atoms with Crippen molar-refractivity contribution in [3.8, 4) is 5.69 Å². The molecule has 1 aromatic carbocycles. The number of para-hydroxylation sites is 1. The van der Waals surface area contributed by atoms with E-state index in [0.717, 1.165) is 10.6 Å². The number of imide groups is 1. The monoisotopic (exact) mass is 547 g/mol. The molecule has 0 aliphatic heterocycles. The molecule has 1 fully saturated rings. The van der Waals surface area contributed by atoms with Crippen molar-refractivity contribution in [2.45, 2.75) is 84.3 Å². The van der Waals surface area contributed by atoms with Crippen LogP contribution >= 0.6 is 11.6 Å². The quantitative estimate of drug-likeness (QED) is 0.282. The van der Waals surface area contributed by atoms with Crippen LogP contribution in [-0.2, 0) is 24.4 Å². The molecule has 2 aromatic rings. The highest BCUT2D eigenvalue weighted by Crippen LogP contribution is 2.57. The van der Waals surface area contributed by atoms with Crippen LogP contribution in [0.5, 0.6) is 0 Å². The summed E-state index contributed by atoms with van der Waals surface area (Å²) >= 11 is 6.35. The second-order valence-corrected chi connectivity index (χ2v) is 11.9. The predicted octanol–water partition coefficient (Wildman–Crippen LogP) is 6.30. The van der Waals surface area contributed by atoms with Crippen molar-refractivity contribution in [3.05, 3.63) is 47.5 Å². The van der Waals surface area contributed by atoms with E-state index in [9.17, 15) is 14.4 Å². The number of nitrogens with zero attached hydrogens (tertiary/aromatic N) is 3. The van der Waals surface area contributed by atoms with Crippen molar-refractivity contribution in [1.82, 2.24) is 14.5 Å². The second-order valence-electron chi connectivity index (χ2n) is 11.5. The molecule has 1 unspecified atom stereocenters. The molecular weight excluding hydrogens is 510 g/mol. The molecule has 1 aromatic heterocycles. The molecule has 0 N–H and O–H groups in total. The summed E-state index contributed by atoms with van der Waals surface area (Å²) in [4.78, 5) is 44.2. The fourth-order valence-electron chi connectivity index (χ4n) is 4.34. The maximum absolute atomic E-state index is 13.1. The van der Waals surface area contributed by atoms with E-state index < -0.39 is 28.8 Å². The Kier molecular flexibility index (Phi) is 8.81. The molecule has 0 radical (unpaired) electrons. The van der Waals surface area contributed by atoms with Crippen molar-refractivity contribution in [1.29, 1.82) is 0 Å². The Balaban J connectivity index is 1.75. The highest BCUT2D eigenvalue weighted by molar-refractivity contribution is 6.32. The number of amides is 2. The lowest BCUT2D eigenvalue weighted by atomic mass is 9.97. The summed E-state index contributed by atoms with van der Waals surface area (Å²) in [7, 11) is 0. The maximum Gasteiger partial charge on any atom is 0.419 e. The number of hydrogen-bond acceptors (Lipinski definition) is 7. The van der Waals surface area contributed by atoms with E-state index in [1.165, 1.54) is 0 Å². The van der Waals surface area contributed by atoms with Gasteiger partial charge >= 0.3 is 18.2 Å². The van der Waals surface area contributed by atoms with Gasteiger partial charge in [0.05, 0.1) is 29.3 Å². The van der Waals surface area contributed by atoms with Gasteiger partial charge in [0.15, 0.2) is 0 Å². The van der Waals surface area contributed by atoms with Gasteiger partial charge in [0.2, 0.25) is 0 Å². The molecule has 208 valence electrons. The van der Waals surface area contributed by atoms with E-state index in [0.29, 0.717) is 30.0 Å². The van der Waals surface area contributed by atoms with Crippen molar-refractivity contribution in [3.63, 3.8) is 0 Å². The normalized spacial score (nSPS) is 19.0. The SMILES string of the molecule is CCOC(=O)[C@]1(c2cn(-c3ccccc3Cl)cn2)CC1CCCN(C(=O)OC(C)(C)C)C(=O)OC(C)(C)C. The van der Waals surface area contributed by atoms with Crippen molar-refractivity contribution in [2.24, 2.45) is 5.92 Å². The fourth-order valence-corrected chi connectivity index (χ4v) is 4.57. The predicted molar refractivity (Wildman–Crippen MR) is 143 cm³/mol. The van der Waals surface area contributed by atoms with Crippen LogP contribution in [0.3, 0.4) is 0 Å². The third-order valence-corrected chi connectivity index (χ3v) is 6.40. The largest absolute Gasteiger partial charge is 0.465 e. The third-order valence-electron chi connectivity index (χ3n) is 6.08. The Morgan fingerprint density at radius 3 is 2.24 bits per heavy atom. The molecule has 1 aliphatic carbocycles.